The largest absolute Gasteiger partial charge is 0.369 e. The molecule has 0 aliphatic carbocycles. The third kappa shape index (κ3) is 3.70. The van der Waals surface area contributed by atoms with Gasteiger partial charge in [-0.3, -0.25) is 4.90 Å². The number of halogens is 1. The van der Waals surface area contributed by atoms with Crippen LogP contribution in [-0.4, -0.2) is 51.3 Å². The first kappa shape index (κ1) is 17.2. The van der Waals surface area contributed by atoms with Crippen LogP contribution in [0.5, 0.6) is 0 Å². The predicted molar refractivity (Wildman–Crippen MR) is 96.5 cm³/mol. The van der Waals surface area contributed by atoms with Crippen molar-refractivity contribution in [2.75, 3.05) is 31.1 Å². The highest BCUT2D eigenvalue weighted by Crippen LogP contribution is 2.25. The molecule has 6 nitrogen and oxygen atoms in total. The lowest BCUT2D eigenvalue weighted by Crippen LogP contribution is -2.46. The van der Waals surface area contributed by atoms with E-state index in [0.29, 0.717) is 0 Å². The summed E-state index contributed by atoms with van der Waals surface area (Å²) in [5, 5.41) is 13.0. The maximum absolute atomic E-state index is 6.16. The molecule has 0 saturated carbocycles. The highest BCUT2D eigenvalue weighted by Gasteiger charge is 2.24. The Morgan fingerprint density at radius 1 is 1.12 bits per heavy atom. The Morgan fingerprint density at radius 2 is 1.83 bits per heavy atom. The normalized spacial score (nSPS) is 16.6. The molecule has 1 aliphatic heterocycles. The molecule has 1 fully saturated rings. The van der Waals surface area contributed by atoms with E-state index in [9.17, 15) is 0 Å². The van der Waals surface area contributed by atoms with Crippen LogP contribution in [0, 0.1) is 6.92 Å². The first-order valence-electron chi connectivity index (χ1n) is 8.36. The fraction of sp³-hybridized carbons (Fsp3) is 0.588. The zero-order chi connectivity index (χ0) is 17.3. The van der Waals surface area contributed by atoms with Crippen LogP contribution >= 0.6 is 11.6 Å². The van der Waals surface area contributed by atoms with Crippen molar-refractivity contribution in [1.29, 1.82) is 0 Å². The van der Waals surface area contributed by atoms with Gasteiger partial charge in [-0.1, -0.05) is 17.7 Å². The molecule has 0 radical (unpaired) electrons. The summed E-state index contributed by atoms with van der Waals surface area (Å²) in [7, 11) is 0. The molecule has 0 spiro atoms. The van der Waals surface area contributed by atoms with E-state index in [-0.39, 0.29) is 5.54 Å². The third-order valence-corrected chi connectivity index (χ3v) is 4.65. The van der Waals surface area contributed by atoms with Crippen molar-refractivity contribution in [3.05, 3.63) is 34.6 Å². The second-order valence-electron chi connectivity index (χ2n) is 7.37. The van der Waals surface area contributed by atoms with Crippen LogP contribution in [-0.2, 0) is 12.1 Å². The Balaban J connectivity index is 1.64. The molecule has 2 aromatic rings. The summed E-state index contributed by atoms with van der Waals surface area (Å²) in [5.41, 5.74) is 2.41. The fourth-order valence-corrected chi connectivity index (χ4v) is 3.26. The molecule has 2 heterocycles. The fourth-order valence-electron chi connectivity index (χ4n) is 3.10. The standard InChI is InChI=1S/C17H25ClN6/c1-13-5-6-14(18)11-15(13)23-9-7-22(8-10-23)12-16-19-20-21-24(16)17(2,3)4/h5-6,11H,7-10,12H2,1-4H3. The minimum Gasteiger partial charge on any atom is -0.369 e. The molecule has 130 valence electrons. The number of anilines is 1. The minimum atomic E-state index is -0.0987. The average molecular weight is 349 g/mol. The smallest absolute Gasteiger partial charge is 0.165 e. The van der Waals surface area contributed by atoms with Crippen LogP contribution in [0.1, 0.15) is 32.2 Å². The lowest BCUT2D eigenvalue weighted by Gasteiger charge is -2.36. The topological polar surface area (TPSA) is 50.1 Å². The number of rotatable bonds is 3. The van der Waals surface area contributed by atoms with Gasteiger partial charge in [-0.25, -0.2) is 4.68 Å². The first-order chi connectivity index (χ1) is 11.3. The van der Waals surface area contributed by atoms with Crippen molar-refractivity contribution in [2.45, 2.75) is 39.8 Å². The summed E-state index contributed by atoms with van der Waals surface area (Å²) in [6, 6.07) is 6.09. The molecule has 0 amide bonds. The highest BCUT2D eigenvalue weighted by molar-refractivity contribution is 6.30. The Kier molecular flexibility index (Phi) is 4.78. The number of aromatic nitrogens is 4. The van der Waals surface area contributed by atoms with Gasteiger partial charge in [0.1, 0.15) is 0 Å². The SMILES string of the molecule is Cc1ccc(Cl)cc1N1CCN(Cc2nnnn2C(C)(C)C)CC1. The number of nitrogens with zero attached hydrogens (tertiary/aromatic N) is 6. The van der Waals surface area contributed by atoms with E-state index in [1.54, 1.807) is 0 Å². The minimum absolute atomic E-state index is 0.0987. The molecular weight excluding hydrogens is 324 g/mol. The van der Waals surface area contributed by atoms with Crippen molar-refractivity contribution in [2.24, 2.45) is 0 Å². The zero-order valence-electron chi connectivity index (χ0n) is 14.8. The van der Waals surface area contributed by atoms with E-state index >= 15 is 0 Å². The van der Waals surface area contributed by atoms with E-state index < -0.39 is 0 Å². The summed E-state index contributed by atoms with van der Waals surface area (Å²) < 4.78 is 1.92. The quantitative estimate of drug-likeness (QED) is 0.853. The van der Waals surface area contributed by atoms with Gasteiger partial charge >= 0.3 is 0 Å². The molecule has 0 atom stereocenters. The summed E-state index contributed by atoms with van der Waals surface area (Å²) in [6.07, 6.45) is 0. The Morgan fingerprint density at radius 3 is 2.50 bits per heavy atom. The lowest BCUT2D eigenvalue weighted by molar-refractivity contribution is 0.228. The third-order valence-electron chi connectivity index (χ3n) is 4.42. The zero-order valence-corrected chi connectivity index (χ0v) is 15.6. The molecule has 1 aromatic carbocycles. The van der Waals surface area contributed by atoms with E-state index in [1.807, 2.05) is 10.7 Å². The maximum Gasteiger partial charge on any atom is 0.165 e. The molecule has 24 heavy (non-hydrogen) atoms. The number of hydrogen-bond acceptors (Lipinski definition) is 5. The Hall–Kier alpha value is -1.66. The van der Waals surface area contributed by atoms with Crippen molar-refractivity contribution in [1.82, 2.24) is 25.1 Å². The number of aryl methyl sites for hydroxylation is 1. The second kappa shape index (κ2) is 6.69. The van der Waals surface area contributed by atoms with Crippen molar-refractivity contribution >= 4 is 17.3 Å². The summed E-state index contributed by atoms with van der Waals surface area (Å²) in [4.78, 5) is 4.81. The Bertz CT molecular complexity index is 697. The molecule has 7 heteroatoms. The van der Waals surface area contributed by atoms with Crippen LogP contribution in [0.3, 0.4) is 0 Å². The van der Waals surface area contributed by atoms with Gasteiger partial charge in [-0.15, -0.1) is 5.10 Å². The summed E-state index contributed by atoms with van der Waals surface area (Å²) >= 11 is 6.16. The lowest BCUT2D eigenvalue weighted by atomic mass is 10.1. The van der Waals surface area contributed by atoms with Gasteiger partial charge in [0.05, 0.1) is 12.1 Å². The van der Waals surface area contributed by atoms with Crippen molar-refractivity contribution in [3.8, 4) is 0 Å². The predicted octanol–water partition coefficient (Wildman–Crippen LogP) is 2.71. The van der Waals surface area contributed by atoms with Crippen LogP contribution in [0.15, 0.2) is 18.2 Å². The number of piperazine rings is 1. The molecular formula is C17H25ClN6. The second-order valence-corrected chi connectivity index (χ2v) is 7.81. The van der Waals surface area contributed by atoms with Crippen LogP contribution in [0.25, 0.3) is 0 Å². The van der Waals surface area contributed by atoms with E-state index in [2.05, 4.69) is 65.2 Å². The van der Waals surface area contributed by atoms with Crippen LogP contribution < -0.4 is 4.90 Å². The van der Waals surface area contributed by atoms with Gasteiger partial charge in [-0.05, 0) is 55.8 Å². The van der Waals surface area contributed by atoms with Gasteiger partial charge in [0.2, 0.25) is 0 Å². The average Bonchev–Trinajstić information content (AvgIpc) is 2.99. The summed E-state index contributed by atoms with van der Waals surface area (Å²) in [5.74, 6) is 0.926. The van der Waals surface area contributed by atoms with Gasteiger partial charge in [-0.2, -0.15) is 0 Å². The molecule has 1 saturated heterocycles. The van der Waals surface area contributed by atoms with Gasteiger partial charge < -0.3 is 4.90 Å². The highest BCUT2D eigenvalue weighted by atomic mass is 35.5. The Labute approximate surface area is 148 Å². The van der Waals surface area contributed by atoms with Gasteiger partial charge in [0.15, 0.2) is 5.82 Å². The number of tetrazole rings is 1. The van der Waals surface area contributed by atoms with Crippen LogP contribution in [0.2, 0.25) is 5.02 Å². The van der Waals surface area contributed by atoms with Crippen molar-refractivity contribution < 1.29 is 0 Å². The summed E-state index contributed by atoms with van der Waals surface area (Å²) in [6.45, 7) is 13.2. The van der Waals surface area contributed by atoms with E-state index in [0.717, 1.165) is 43.6 Å². The monoisotopic (exact) mass is 348 g/mol. The van der Waals surface area contributed by atoms with Crippen molar-refractivity contribution in [3.63, 3.8) is 0 Å². The first-order valence-corrected chi connectivity index (χ1v) is 8.73. The van der Waals surface area contributed by atoms with Gasteiger partial charge in [0, 0.05) is 36.9 Å². The molecule has 1 aliphatic rings. The number of hydrogen-bond donors (Lipinski definition) is 0. The molecule has 0 unspecified atom stereocenters. The van der Waals surface area contributed by atoms with Crippen LogP contribution in [0.4, 0.5) is 5.69 Å². The molecule has 1 aromatic heterocycles. The number of benzene rings is 1. The van der Waals surface area contributed by atoms with E-state index in [1.165, 1.54) is 11.3 Å². The molecule has 3 rings (SSSR count). The van der Waals surface area contributed by atoms with Gasteiger partial charge in [0.25, 0.3) is 0 Å². The maximum atomic E-state index is 6.16. The van der Waals surface area contributed by atoms with E-state index in [4.69, 9.17) is 11.6 Å². The molecule has 0 N–H and O–H groups in total. The molecule has 0 bridgehead atoms.